The Kier molecular flexibility index (Phi) is 5.66. The number of aliphatic hydroxyl groups excluding tert-OH is 1. The zero-order valence-electron chi connectivity index (χ0n) is 8.94. The maximum atomic E-state index is 11.7. The molecule has 0 saturated carbocycles. The molecule has 1 rings (SSSR count). The number of thioether (sulfide) groups is 1. The molecule has 0 unspecified atom stereocenters. The summed E-state index contributed by atoms with van der Waals surface area (Å²) in [5.41, 5.74) is 0.689. The third-order valence-corrected chi connectivity index (χ3v) is 3.29. The molecule has 16 heavy (non-hydrogen) atoms. The first kappa shape index (κ1) is 13.4. The maximum Gasteiger partial charge on any atom is 0.237 e. The van der Waals surface area contributed by atoms with Gasteiger partial charge in [0, 0.05) is 16.5 Å². The van der Waals surface area contributed by atoms with Crippen molar-refractivity contribution in [2.45, 2.75) is 12.2 Å². The second-order valence-electron chi connectivity index (χ2n) is 3.24. The normalized spacial score (nSPS) is 12.2. The van der Waals surface area contributed by atoms with Gasteiger partial charge in [0.1, 0.15) is 0 Å². The smallest absolute Gasteiger partial charge is 0.237 e. The van der Waals surface area contributed by atoms with Gasteiger partial charge < -0.3 is 10.4 Å². The molecular weight excluding hydrogens is 246 g/mol. The number of rotatable bonds is 5. The van der Waals surface area contributed by atoms with Gasteiger partial charge in [0.15, 0.2) is 0 Å². The number of aliphatic hydroxyl groups is 1. The molecule has 1 aromatic carbocycles. The van der Waals surface area contributed by atoms with Crippen LogP contribution in [-0.4, -0.2) is 28.6 Å². The van der Waals surface area contributed by atoms with Gasteiger partial charge in [0.2, 0.25) is 5.91 Å². The van der Waals surface area contributed by atoms with E-state index in [1.54, 1.807) is 31.2 Å². The van der Waals surface area contributed by atoms with Crippen LogP contribution in [0.3, 0.4) is 0 Å². The Labute approximate surface area is 104 Å². The predicted molar refractivity (Wildman–Crippen MR) is 69.1 cm³/mol. The first-order valence-electron chi connectivity index (χ1n) is 4.92. The lowest BCUT2D eigenvalue weighted by Crippen LogP contribution is -2.23. The van der Waals surface area contributed by atoms with Gasteiger partial charge in [-0.15, -0.1) is 11.8 Å². The minimum atomic E-state index is -0.189. The van der Waals surface area contributed by atoms with Crippen LogP contribution in [0, 0.1) is 0 Å². The zero-order valence-corrected chi connectivity index (χ0v) is 10.5. The van der Waals surface area contributed by atoms with Gasteiger partial charge in [-0.1, -0.05) is 17.7 Å². The molecule has 0 aliphatic carbocycles. The van der Waals surface area contributed by atoms with Crippen LogP contribution in [0.1, 0.15) is 6.92 Å². The van der Waals surface area contributed by atoms with Crippen molar-refractivity contribution in [3.05, 3.63) is 29.3 Å². The molecule has 3 nitrogen and oxygen atoms in total. The summed E-state index contributed by atoms with van der Waals surface area (Å²) in [5, 5.41) is 11.8. The van der Waals surface area contributed by atoms with Crippen molar-refractivity contribution in [3.63, 3.8) is 0 Å². The van der Waals surface area contributed by atoms with E-state index in [0.29, 0.717) is 16.5 Å². The molecule has 0 spiro atoms. The van der Waals surface area contributed by atoms with E-state index < -0.39 is 0 Å². The fraction of sp³-hybridized carbons (Fsp3) is 0.364. The summed E-state index contributed by atoms with van der Waals surface area (Å²) in [6, 6.07) is 7.01. The van der Waals surface area contributed by atoms with Crippen molar-refractivity contribution >= 4 is 35.0 Å². The average molecular weight is 260 g/mol. The molecule has 0 aromatic heterocycles. The molecule has 0 saturated heterocycles. The highest BCUT2D eigenvalue weighted by atomic mass is 35.5. The van der Waals surface area contributed by atoms with Crippen molar-refractivity contribution in [1.82, 2.24) is 0 Å². The zero-order chi connectivity index (χ0) is 12.0. The summed E-state index contributed by atoms with van der Waals surface area (Å²) in [4.78, 5) is 11.7. The molecular formula is C11H14ClNO2S. The Balaban J connectivity index is 2.50. The molecule has 88 valence electrons. The van der Waals surface area contributed by atoms with Crippen LogP contribution in [0.25, 0.3) is 0 Å². The third-order valence-electron chi connectivity index (χ3n) is 1.92. The summed E-state index contributed by atoms with van der Waals surface area (Å²) in [6.45, 7) is 1.89. The SMILES string of the molecule is C[C@@H](SCCO)C(=O)Nc1cccc(Cl)c1. The summed E-state index contributed by atoms with van der Waals surface area (Å²) in [6.07, 6.45) is 0. The fourth-order valence-corrected chi connectivity index (χ4v) is 1.97. The van der Waals surface area contributed by atoms with E-state index in [1.165, 1.54) is 11.8 Å². The second-order valence-corrected chi connectivity index (χ2v) is 5.12. The lowest BCUT2D eigenvalue weighted by Gasteiger charge is -2.11. The standard InChI is InChI=1S/C11H14ClNO2S/c1-8(16-6-5-14)11(15)13-10-4-2-3-9(12)7-10/h2-4,7-8,14H,5-6H2,1H3,(H,13,15)/t8-/m1/s1. The van der Waals surface area contributed by atoms with Gasteiger partial charge >= 0.3 is 0 Å². The van der Waals surface area contributed by atoms with Crippen molar-refractivity contribution in [2.24, 2.45) is 0 Å². The van der Waals surface area contributed by atoms with Crippen molar-refractivity contribution < 1.29 is 9.90 Å². The topological polar surface area (TPSA) is 49.3 Å². The number of nitrogens with one attached hydrogen (secondary N) is 1. The van der Waals surface area contributed by atoms with Crippen LogP contribution in [0.4, 0.5) is 5.69 Å². The Bertz CT molecular complexity index is 360. The minimum absolute atomic E-state index is 0.0827. The second kappa shape index (κ2) is 6.78. The maximum absolute atomic E-state index is 11.7. The Morgan fingerprint density at radius 1 is 1.62 bits per heavy atom. The van der Waals surface area contributed by atoms with Crippen molar-refractivity contribution in [3.8, 4) is 0 Å². The van der Waals surface area contributed by atoms with Crippen LogP contribution in [0.2, 0.25) is 5.02 Å². The summed E-state index contributed by atoms with van der Waals surface area (Å²) in [5.74, 6) is 0.477. The largest absolute Gasteiger partial charge is 0.396 e. The van der Waals surface area contributed by atoms with E-state index in [-0.39, 0.29) is 17.8 Å². The molecule has 1 amide bonds. The number of amides is 1. The van der Waals surface area contributed by atoms with Gasteiger partial charge in [-0.05, 0) is 25.1 Å². The Morgan fingerprint density at radius 2 is 2.38 bits per heavy atom. The predicted octanol–water partition coefficient (Wildman–Crippen LogP) is 2.39. The van der Waals surface area contributed by atoms with Crippen LogP contribution < -0.4 is 5.32 Å². The summed E-state index contributed by atoms with van der Waals surface area (Å²) in [7, 11) is 0. The number of benzene rings is 1. The molecule has 5 heteroatoms. The quantitative estimate of drug-likeness (QED) is 0.854. The average Bonchev–Trinajstić information content (AvgIpc) is 2.25. The first-order chi connectivity index (χ1) is 7.63. The van der Waals surface area contributed by atoms with E-state index in [2.05, 4.69) is 5.32 Å². The van der Waals surface area contributed by atoms with Crippen molar-refractivity contribution in [1.29, 1.82) is 0 Å². The molecule has 0 aliphatic heterocycles. The van der Waals surface area contributed by atoms with Crippen LogP contribution >= 0.6 is 23.4 Å². The number of halogens is 1. The number of hydrogen-bond donors (Lipinski definition) is 2. The number of hydrogen-bond acceptors (Lipinski definition) is 3. The van der Waals surface area contributed by atoms with E-state index in [9.17, 15) is 4.79 Å². The highest BCUT2D eigenvalue weighted by molar-refractivity contribution is 8.00. The van der Waals surface area contributed by atoms with Crippen LogP contribution in [0.15, 0.2) is 24.3 Å². The monoisotopic (exact) mass is 259 g/mol. The highest BCUT2D eigenvalue weighted by Crippen LogP contribution is 2.17. The van der Waals surface area contributed by atoms with E-state index in [4.69, 9.17) is 16.7 Å². The highest BCUT2D eigenvalue weighted by Gasteiger charge is 2.12. The molecule has 0 radical (unpaired) electrons. The van der Waals surface area contributed by atoms with Crippen LogP contribution in [-0.2, 0) is 4.79 Å². The molecule has 1 atom stereocenters. The van der Waals surface area contributed by atoms with Gasteiger partial charge in [-0.2, -0.15) is 0 Å². The Hall–Kier alpha value is -0.710. The third kappa shape index (κ3) is 4.43. The van der Waals surface area contributed by atoms with E-state index >= 15 is 0 Å². The molecule has 0 heterocycles. The Morgan fingerprint density at radius 3 is 3.00 bits per heavy atom. The number of carbonyl (C=O) groups excluding carboxylic acids is 1. The molecule has 0 aliphatic rings. The molecule has 0 bridgehead atoms. The van der Waals surface area contributed by atoms with Crippen molar-refractivity contribution in [2.75, 3.05) is 17.7 Å². The number of anilines is 1. The molecule has 0 fully saturated rings. The lowest BCUT2D eigenvalue weighted by atomic mass is 10.3. The molecule has 1 aromatic rings. The van der Waals surface area contributed by atoms with E-state index in [1.807, 2.05) is 0 Å². The summed E-state index contributed by atoms with van der Waals surface area (Å²) >= 11 is 7.21. The van der Waals surface area contributed by atoms with Gasteiger partial charge in [-0.3, -0.25) is 4.79 Å². The first-order valence-corrected chi connectivity index (χ1v) is 6.35. The fourth-order valence-electron chi connectivity index (χ4n) is 1.12. The van der Waals surface area contributed by atoms with E-state index in [0.717, 1.165) is 0 Å². The lowest BCUT2D eigenvalue weighted by molar-refractivity contribution is -0.115. The summed E-state index contributed by atoms with van der Waals surface area (Å²) < 4.78 is 0. The van der Waals surface area contributed by atoms with Gasteiger partial charge in [0.05, 0.1) is 11.9 Å². The molecule has 2 N–H and O–H groups in total. The number of carbonyl (C=O) groups is 1. The minimum Gasteiger partial charge on any atom is -0.396 e. The van der Waals surface area contributed by atoms with Gasteiger partial charge in [-0.25, -0.2) is 0 Å². The van der Waals surface area contributed by atoms with Gasteiger partial charge in [0.25, 0.3) is 0 Å². The van der Waals surface area contributed by atoms with Crippen LogP contribution in [0.5, 0.6) is 0 Å².